The monoisotopic (exact) mass is 292 g/mol. The normalized spacial score (nSPS) is 11.9. The number of pyridine rings is 1. The fraction of sp³-hybridized carbons (Fsp3) is 0.143. The van der Waals surface area contributed by atoms with Gasteiger partial charge in [0, 0.05) is 18.0 Å². The lowest BCUT2D eigenvalue weighted by atomic mass is 10.1. The highest BCUT2D eigenvalue weighted by atomic mass is 35.5. The minimum atomic E-state index is -0.523. The Kier molecular flexibility index (Phi) is 5.80. The molecule has 0 aliphatic rings. The molecule has 1 rings (SSSR count). The molecule has 0 spiro atoms. The van der Waals surface area contributed by atoms with Crippen molar-refractivity contribution in [2.45, 2.75) is 6.92 Å². The summed E-state index contributed by atoms with van der Waals surface area (Å²) >= 11 is 6.08. The summed E-state index contributed by atoms with van der Waals surface area (Å²) in [5, 5.41) is 0.262. The number of aldehydes is 1. The van der Waals surface area contributed by atoms with Gasteiger partial charge in [-0.1, -0.05) is 24.3 Å². The van der Waals surface area contributed by atoms with Crippen molar-refractivity contribution in [1.29, 1.82) is 0 Å². The number of allylic oxidation sites excluding steroid dienone is 2. The summed E-state index contributed by atoms with van der Waals surface area (Å²) in [5.41, 5.74) is 1.51. The Morgan fingerprint density at radius 1 is 1.55 bits per heavy atom. The van der Waals surface area contributed by atoms with Crippen molar-refractivity contribution in [1.82, 2.24) is 4.98 Å². The molecule has 104 valence electrons. The molecule has 1 heterocycles. The van der Waals surface area contributed by atoms with Gasteiger partial charge in [0.15, 0.2) is 6.29 Å². The molecule has 0 aromatic carbocycles. The SMILES string of the molecule is C=C/C(=C\N=C(C)C=O)c1ncc(C(=O)OC)cc1Cl. The summed E-state index contributed by atoms with van der Waals surface area (Å²) in [6.07, 6.45) is 4.92. The molecule has 0 fully saturated rings. The van der Waals surface area contributed by atoms with Crippen molar-refractivity contribution in [3.05, 3.63) is 47.4 Å². The molecule has 0 unspecified atom stereocenters. The van der Waals surface area contributed by atoms with Crippen molar-refractivity contribution in [2.24, 2.45) is 4.99 Å². The maximum Gasteiger partial charge on any atom is 0.339 e. The van der Waals surface area contributed by atoms with Gasteiger partial charge in [-0.3, -0.25) is 14.8 Å². The third kappa shape index (κ3) is 3.86. The van der Waals surface area contributed by atoms with E-state index in [1.165, 1.54) is 31.6 Å². The van der Waals surface area contributed by atoms with Crippen LogP contribution < -0.4 is 0 Å². The van der Waals surface area contributed by atoms with Crippen LogP contribution in [0.2, 0.25) is 5.02 Å². The minimum Gasteiger partial charge on any atom is -0.465 e. The van der Waals surface area contributed by atoms with Gasteiger partial charge in [-0.05, 0) is 13.0 Å². The van der Waals surface area contributed by atoms with Crippen molar-refractivity contribution in [3.8, 4) is 0 Å². The first-order valence-corrected chi connectivity index (χ1v) is 5.97. The first kappa shape index (κ1) is 15.8. The lowest BCUT2D eigenvalue weighted by molar-refractivity contribution is -0.102. The first-order chi connectivity index (χ1) is 9.53. The molecular weight excluding hydrogens is 280 g/mol. The van der Waals surface area contributed by atoms with Gasteiger partial charge in [0.2, 0.25) is 0 Å². The van der Waals surface area contributed by atoms with E-state index in [9.17, 15) is 9.59 Å². The van der Waals surface area contributed by atoms with E-state index in [2.05, 4.69) is 21.3 Å². The molecule has 6 heteroatoms. The van der Waals surface area contributed by atoms with Crippen molar-refractivity contribution in [2.75, 3.05) is 7.11 Å². The molecule has 0 aliphatic heterocycles. The van der Waals surface area contributed by atoms with Crippen LogP contribution in [0.4, 0.5) is 0 Å². The van der Waals surface area contributed by atoms with E-state index in [0.717, 1.165) is 0 Å². The zero-order chi connectivity index (χ0) is 15.1. The van der Waals surface area contributed by atoms with E-state index < -0.39 is 5.97 Å². The predicted octanol–water partition coefficient (Wildman–Crippen LogP) is 2.71. The van der Waals surface area contributed by atoms with E-state index in [-0.39, 0.29) is 10.6 Å². The first-order valence-electron chi connectivity index (χ1n) is 5.60. The van der Waals surface area contributed by atoms with Gasteiger partial charge in [0.1, 0.15) is 0 Å². The number of nitrogens with zero attached hydrogens (tertiary/aromatic N) is 2. The molecule has 0 amide bonds. The zero-order valence-corrected chi connectivity index (χ0v) is 11.8. The molecule has 0 aliphatic carbocycles. The summed E-state index contributed by atoms with van der Waals surface area (Å²) < 4.78 is 4.58. The lowest BCUT2D eigenvalue weighted by Gasteiger charge is -2.05. The van der Waals surface area contributed by atoms with Crippen LogP contribution in [0.25, 0.3) is 5.57 Å². The van der Waals surface area contributed by atoms with Crippen LogP contribution in [0.15, 0.2) is 36.1 Å². The highest BCUT2D eigenvalue weighted by Crippen LogP contribution is 2.23. The number of methoxy groups -OCH3 is 1. The average molecular weight is 293 g/mol. The second-order valence-electron chi connectivity index (χ2n) is 3.72. The topological polar surface area (TPSA) is 68.6 Å². The van der Waals surface area contributed by atoms with Crippen LogP contribution >= 0.6 is 11.6 Å². The number of hydrogen-bond acceptors (Lipinski definition) is 5. The van der Waals surface area contributed by atoms with Gasteiger partial charge >= 0.3 is 5.97 Å². The summed E-state index contributed by atoms with van der Waals surface area (Å²) in [4.78, 5) is 29.9. The van der Waals surface area contributed by atoms with Gasteiger partial charge in [0.05, 0.1) is 29.1 Å². The number of esters is 1. The van der Waals surface area contributed by atoms with Crippen molar-refractivity contribution < 1.29 is 14.3 Å². The maximum absolute atomic E-state index is 11.4. The fourth-order valence-corrected chi connectivity index (χ4v) is 1.57. The Morgan fingerprint density at radius 2 is 2.25 bits per heavy atom. The predicted molar refractivity (Wildman–Crippen MR) is 77.9 cm³/mol. The van der Waals surface area contributed by atoms with Gasteiger partial charge in [-0.25, -0.2) is 4.79 Å². The summed E-state index contributed by atoms with van der Waals surface area (Å²) in [7, 11) is 1.27. The fourth-order valence-electron chi connectivity index (χ4n) is 1.29. The highest BCUT2D eigenvalue weighted by molar-refractivity contribution is 6.32. The van der Waals surface area contributed by atoms with Gasteiger partial charge < -0.3 is 4.74 Å². The molecule has 0 radical (unpaired) electrons. The molecule has 1 aromatic rings. The number of aromatic nitrogens is 1. The minimum absolute atomic E-state index is 0.247. The average Bonchev–Trinajstić information content (AvgIpc) is 2.47. The van der Waals surface area contributed by atoms with Crippen LogP contribution in [-0.4, -0.2) is 30.1 Å². The molecule has 0 N–H and O–H groups in total. The number of carbonyl (C=O) groups is 2. The van der Waals surface area contributed by atoms with Crippen molar-refractivity contribution >= 4 is 35.1 Å². The maximum atomic E-state index is 11.4. The Bertz CT molecular complexity index is 606. The molecule has 0 saturated carbocycles. The second kappa shape index (κ2) is 7.35. The lowest BCUT2D eigenvalue weighted by Crippen LogP contribution is -2.03. The Labute approximate surface area is 121 Å². The number of hydrogen-bond donors (Lipinski definition) is 0. The largest absolute Gasteiger partial charge is 0.465 e. The van der Waals surface area contributed by atoms with E-state index in [4.69, 9.17) is 11.6 Å². The Hall–Kier alpha value is -2.27. The van der Waals surface area contributed by atoms with E-state index in [0.29, 0.717) is 23.3 Å². The molecule has 0 atom stereocenters. The van der Waals surface area contributed by atoms with Crippen molar-refractivity contribution in [3.63, 3.8) is 0 Å². The molecular formula is C14H13ClN2O3. The molecule has 20 heavy (non-hydrogen) atoms. The number of halogens is 1. The summed E-state index contributed by atoms with van der Waals surface area (Å²) in [6, 6.07) is 1.45. The number of ether oxygens (including phenoxy) is 1. The summed E-state index contributed by atoms with van der Waals surface area (Å²) in [6.45, 7) is 5.21. The third-order valence-electron chi connectivity index (χ3n) is 2.33. The van der Waals surface area contributed by atoms with Crippen LogP contribution in [0.1, 0.15) is 23.0 Å². The van der Waals surface area contributed by atoms with Gasteiger partial charge in [0.25, 0.3) is 0 Å². The standard InChI is InChI=1S/C14H13ClN2O3/c1-4-10(6-16-9(2)8-18)13-12(15)5-11(7-17-13)14(19)20-3/h4-8H,1H2,2-3H3/b10-6+,16-9?. The second-order valence-corrected chi connectivity index (χ2v) is 4.13. The zero-order valence-electron chi connectivity index (χ0n) is 11.1. The summed E-state index contributed by atoms with van der Waals surface area (Å²) in [5.74, 6) is -0.523. The Morgan fingerprint density at radius 3 is 2.75 bits per heavy atom. The van der Waals surface area contributed by atoms with Crippen LogP contribution in [0.3, 0.4) is 0 Å². The van der Waals surface area contributed by atoms with Crippen LogP contribution in [0.5, 0.6) is 0 Å². The molecule has 1 aromatic heterocycles. The number of aliphatic imine (C=N–C) groups is 1. The van der Waals surface area contributed by atoms with Gasteiger partial charge in [-0.2, -0.15) is 0 Å². The number of carbonyl (C=O) groups excluding carboxylic acids is 2. The molecule has 0 bridgehead atoms. The molecule has 5 nitrogen and oxygen atoms in total. The third-order valence-corrected chi connectivity index (χ3v) is 2.62. The van der Waals surface area contributed by atoms with Gasteiger partial charge in [-0.15, -0.1) is 0 Å². The number of rotatable bonds is 5. The highest BCUT2D eigenvalue weighted by Gasteiger charge is 2.11. The van der Waals surface area contributed by atoms with Crippen LogP contribution in [0, 0.1) is 0 Å². The van der Waals surface area contributed by atoms with E-state index in [1.807, 2.05) is 0 Å². The van der Waals surface area contributed by atoms with E-state index in [1.54, 1.807) is 6.92 Å². The Balaban J connectivity index is 3.21. The molecule has 0 saturated heterocycles. The van der Waals surface area contributed by atoms with E-state index >= 15 is 0 Å². The quantitative estimate of drug-likeness (QED) is 0.362. The van der Waals surface area contributed by atoms with Crippen LogP contribution in [-0.2, 0) is 9.53 Å². The smallest absolute Gasteiger partial charge is 0.339 e.